The molecule has 1 saturated carbocycles. The first-order chi connectivity index (χ1) is 6.38. The molecule has 1 aromatic heterocycles. The Bertz CT molecular complexity index is 261. The lowest BCUT2D eigenvalue weighted by Crippen LogP contribution is -2.15. The van der Waals surface area contributed by atoms with Gasteiger partial charge < -0.3 is 10.3 Å². The molecule has 0 aliphatic heterocycles. The first-order valence-corrected chi connectivity index (χ1v) is 5.28. The van der Waals surface area contributed by atoms with E-state index in [1.54, 1.807) is 0 Å². The van der Waals surface area contributed by atoms with Crippen molar-refractivity contribution in [1.82, 2.24) is 10.3 Å². The SMILES string of the molecule is CCCc1ccc(CNC2CC2)[nH]1. The molecule has 1 aromatic rings. The number of aromatic amines is 1. The van der Waals surface area contributed by atoms with Crippen LogP contribution in [0.2, 0.25) is 0 Å². The monoisotopic (exact) mass is 178 g/mol. The summed E-state index contributed by atoms with van der Waals surface area (Å²) in [5, 5.41) is 3.50. The van der Waals surface area contributed by atoms with E-state index < -0.39 is 0 Å². The van der Waals surface area contributed by atoms with Crippen LogP contribution >= 0.6 is 0 Å². The molecule has 0 spiro atoms. The van der Waals surface area contributed by atoms with Gasteiger partial charge in [-0.1, -0.05) is 13.3 Å². The normalized spacial score (nSPS) is 16.4. The molecule has 0 bridgehead atoms. The third kappa shape index (κ3) is 2.59. The van der Waals surface area contributed by atoms with E-state index >= 15 is 0 Å². The van der Waals surface area contributed by atoms with Gasteiger partial charge in [0.05, 0.1) is 0 Å². The predicted molar refractivity (Wildman–Crippen MR) is 54.6 cm³/mol. The maximum absolute atomic E-state index is 3.50. The number of nitrogens with one attached hydrogen (secondary N) is 2. The van der Waals surface area contributed by atoms with Crippen molar-refractivity contribution in [3.05, 3.63) is 23.5 Å². The fourth-order valence-electron chi connectivity index (χ4n) is 1.55. The van der Waals surface area contributed by atoms with Gasteiger partial charge in [-0.25, -0.2) is 0 Å². The maximum Gasteiger partial charge on any atom is 0.0359 e. The molecule has 1 aliphatic rings. The van der Waals surface area contributed by atoms with Crippen molar-refractivity contribution < 1.29 is 0 Å². The van der Waals surface area contributed by atoms with Gasteiger partial charge in [0.15, 0.2) is 0 Å². The number of hydrogen-bond donors (Lipinski definition) is 2. The smallest absolute Gasteiger partial charge is 0.0359 e. The Balaban J connectivity index is 1.81. The number of rotatable bonds is 5. The minimum Gasteiger partial charge on any atom is -0.361 e. The average Bonchev–Trinajstić information content (AvgIpc) is 2.85. The average molecular weight is 178 g/mol. The number of aryl methyl sites for hydroxylation is 1. The van der Waals surface area contributed by atoms with E-state index in [-0.39, 0.29) is 0 Å². The van der Waals surface area contributed by atoms with Crippen LogP contribution in [0.1, 0.15) is 37.6 Å². The molecule has 1 heterocycles. The van der Waals surface area contributed by atoms with Gasteiger partial charge in [-0.15, -0.1) is 0 Å². The Morgan fingerprint density at radius 3 is 2.85 bits per heavy atom. The molecule has 0 unspecified atom stereocenters. The molecule has 1 aliphatic carbocycles. The standard InChI is InChI=1S/C11H18N2/c1-2-3-10-6-7-11(13-10)8-12-9-4-5-9/h6-7,9,12-13H,2-5,8H2,1H3. The van der Waals surface area contributed by atoms with E-state index in [4.69, 9.17) is 0 Å². The van der Waals surface area contributed by atoms with Crippen molar-refractivity contribution in [2.75, 3.05) is 0 Å². The molecule has 1 fully saturated rings. The van der Waals surface area contributed by atoms with Crippen LogP contribution in [0.3, 0.4) is 0 Å². The van der Waals surface area contributed by atoms with Crippen molar-refractivity contribution >= 4 is 0 Å². The highest BCUT2D eigenvalue weighted by Gasteiger charge is 2.19. The third-order valence-corrected chi connectivity index (χ3v) is 2.48. The molecule has 0 aromatic carbocycles. The maximum atomic E-state index is 3.50. The fraction of sp³-hybridized carbons (Fsp3) is 0.636. The molecule has 13 heavy (non-hydrogen) atoms. The Hall–Kier alpha value is -0.760. The summed E-state index contributed by atoms with van der Waals surface area (Å²) in [6.45, 7) is 3.22. The first kappa shape index (κ1) is 8.82. The van der Waals surface area contributed by atoms with Crippen LogP contribution in [0, 0.1) is 0 Å². The lowest BCUT2D eigenvalue weighted by atomic mass is 10.3. The lowest BCUT2D eigenvalue weighted by molar-refractivity contribution is 0.675. The molecule has 0 amide bonds. The summed E-state index contributed by atoms with van der Waals surface area (Å²) in [7, 11) is 0. The second-order valence-electron chi connectivity index (χ2n) is 3.91. The number of H-pyrrole nitrogens is 1. The topological polar surface area (TPSA) is 27.8 Å². The lowest BCUT2D eigenvalue weighted by Gasteiger charge is -1.99. The van der Waals surface area contributed by atoms with Crippen LogP contribution in [0.5, 0.6) is 0 Å². The zero-order valence-electron chi connectivity index (χ0n) is 8.27. The molecule has 2 nitrogen and oxygen atoms in total. The molecule has 2 N–H and O–H groups in total. The van der Waals surface area contributed by atoms with E-state index in [2.05, 4.69) is 29.4 Å². The molecule has 2 heteroatoms. The van der Waals surface area contributed by atoms with Crippen molar-refractivity contribution in [2.24, 2.45) is 0 Å². The highest BCUT2D eigenvalue weighted by atomic mass is 15.0. The molecule has 0 saturated heterocycles. The minimum absolute atomic E-state index is 0.804. The van der Waals surface area contributed by atoms with Gasteiger partial charge in [0.2, 0.25) is 0 Å². The molecule has 72 valence electrons. The highest BCUT2D eigenvalue weighted by molar-refractivity contribution is 5.13. The van der Waals surface area contributed by atoms with E-state index in [0.717, 1.165) is 12.6 Å². The second-order valence-corrected chi connectivity index (χ2v) is 3.91. The summed E-state index contributed by atoms with van der Waals surface area (Å²) in [4.78, 5) is 3.43. The summed E-state index contributed by atoms with van der Waals surface area (Å²) in [5.41, 5.74) is 2.70. The number of aromatic nitrogens is 1. The predicted octanol–water partition coefficient (Wildman–Crippen LogP) is 2.22. The van der Waals surface area contributed by atoms with Crippen molar-refractivity contribution in [1.29, 1.82) is 0 Å². The Morgan fingerprint density at radius 1 is 1.38 bits per heavy atom. The fourth-order valence-corrected chi connectivity index (χ4v) is 1.55. The second kappa shape index (κ2) is 3.97. The van der Waals surface area contributed by atoms with E-state index in [1.807, 2.05) is 0 Å². The Morgan fingerprint density at radius 2 is 2.15 bits per heavy atom. The van der Waals surface area contributed by atoms with Gasteiger partial charge in [0.1, 0.15) is 0 Å². The molecular formula is C11H18N2. The van der Waals surface area contributed by atoms with Crippen LogP contribution < -0.4 is 5.32 Å². The van der Waals surface area contributed by atoms with Gasteiger partial charge in [0.25, 0.3) is 0 Å². The van der Waals surface area contributed by atoms with Crippen LogP contribution in [0.4, 0.5) is 0 Å². The minimum atomic E-state index is 0.804. The zero-order chi connectivity index (χ0) is 9.10. The largest absolute Gasteiger partial charge is 0.361 e. The molecule has 0 atom stereocenters. The van der Waals surface area contributed by atoms with Gasteiger partial charge in [-0.2, -0.15) is 0 Å². The van der Waals surface area contributed by atoms with Crippen LogP contribution in [-0.2, 0) is 13.0 Å². The summed E-state index contributed by atoms with van der Waals surface area (Å²) in [6.07, 6.45) is 5.12. The zero-order valence-corrected chi connectivity index (χ0v) is 8.27. The van der Waals surface area contributed by atoms with Gasteiger partial charge in [-0.05, 0) is 31.4 Å². The molecular weight excluding hydrogens is 160 g/mol. The Kier molecular flexibility index (Phi) is 2.69. The van der Waals surface area contributed by atoms with Gasteiger partial charge in [0, 0.05) is 24.0 Å². The van der Waals surface area contributed by atoms with Crippen LogP contribution in [-0.4, -0.2) is 11.0 Å². The summed E-state index contributed by atoms with van der Waals surface area (Å²) in [5.74, 6) is 0. The van der Waals surface area contributed by atoms with Crippen molar-refractivity contribution in [3.8, 4) is 0 Å². The number of hydrogen-bond acceptors (Lipinski definition) is 1. The Labute approximate surface area is 79.7 Å². The molecule has 2 rings (SSSR count). The van der Waals surface area contributed by atoms with Gasteiger partial charge >= 0.3 is 0 Å². The van der Waals surface area contributed by atoms with E-state index in [0.29, 0.717) is 0 Å². The van der Waals surface area contributed by atoms with Crippen molar-refractivity contribution in [2.45, 2.75) is 45.2 Å². The summed E-state index contributed by atoms with van der Waals surface area (Å²) >= 11 is 0. The van der Waals surface area contributed by atoms with Gasteiger partial charge in [-0.3, -0.25) is 0 Å². The molecule has 0 radical (unpaired) electrons. The van der Waals surface area contributed by atoms with Crippen molar-refractivity contribution in [3.63, 3.8) is 0 Å². The third-order valence-electron chi connectivity index (χ3n) is 2.48. The summed E-state index contributed by atoms with van der Waals surface area (Å²) in [6, 6.07) is 5.20. The quantitative estimate of drug-likeness (QED) is 0.711. The first-order valence-electron chi connectivity index (χ1n) is 5.28. The van der Waals surface area contributed by atoms with Crippen LogP contribution in [0.25, 0.3) is 0 Å². The van der Waals surface area contributed by atoms with E-state index in [9.17, 15) is 0 Å². The highest BCUT2D eigenvalue weighted by Crippen LogP contribution is 2.19. The van der Waals surface area contributed by atoms with Crippen LogP contribution in [0.15, 0.2) is 12.1 Å². The summed E-state index contributed by atoms with van der Waals surface area (Å²) < 4.78 is 0. The van der Waals surface area contributed by atoms with E-state index in [1.165, 1.54) is 37.1 Å².